The molecule has 0 radical (unpaired) electrons. The molecule has 0 saturated carbocycles. The Kier molecular flexibility index (Phi) is 4.61. The van der Waals surface area contributed by atoms with Gasteiger partial charge in [0.1, 0.15) is 0 Å². The second-order valence-electron chi connectivity index (χ2n) is 4.25. The standard InChI is InChI=1S/C15H13BrClNO/c1-10-5-6-12(17)8-14(10)15(19)18-13-4-2-3-11(7-13)9-16/h2-8H,9H2,1H3,(H,18,19). The molecule has 0 aliphatic heterocycles. The molecule has 0 spiro atoms. The Bertz CT molecular complexity index is 613. The van der Waals surface area contributed by atoms with E-state index < -0.39 is 0 Å². The van der Waals surface area contributed by atoms with Crippen LogP contribution in [0.15, 0.2) is 42.5 Å². The van der Waals surface area contributed by atoms with Gasteiger partial charge in [-0.1, -0.05) is 45.7 Å². The summed E-state index contributed by atoms with van der Waals surface area (Å²) < 4.78 is 0. The maximum absolute atomic E-state index is 12.2. The number of hydrogen-bond acceptors (Lipinski definition) is 1. The number of benzene rings is 2. The molecule has 19 heavy (non-hydrogen) atoms. The lowest BCUT2D eigenvalue weighted by atomic mass is 10.1. The average Bonchev–Trinajstić information content (AvgIpc) is 2.41. The van der Waals surface area contributed by atoms with Gasteiger partial charge in [-0.25, -0.2) is 0 Å². The minimum atomic E-state index is -0.147. The number of nitrogens with one attached hydrogen (secondary N) is 1. The molecule has 2 aromatic rings. The highest BCUT2D eigenvalue weighted by molar-refractivity contribution is 9.08. The summed E-state index contributed by atoms with van der Waals surface area (Å²) in [5, 5.41) is 4.20. The second kappa shape index (κ2) is 6.22. The van der Waals surface area contributed by atoms with Crippen LogP contribution in [0.2, 0.25) is 5.02 Å². The largest absolute Gasteiger partial charge is 0.322 e. The SMILES string of the molecule is Cc1ccc(Cl)cc1C(=O)Nc1cccc(CBr)c1. The highest BCUT2D eigenvalue weighted by atomic mass is 79.9. The van der Waals surface area contributed by atoms with Crippen molar-refractivity contribution in [3.05, 3.63) is 64.2 Å². The van der Waals surface area contributed by atoms with Gasteiger partial charge >= 0.3 is 0 Å². The molecule has 4 heteroatoms. The van der Waals surface area contributed by atoms with E-state index in [2.05, 4.69) is 21.2 Å². The third kappa shape index (κ3) is 3.58. The van der Waals surface area contributed by atoms with Crippen LogP contribution in [0.1, 0.15) is 21.5 Å². The third-order valence-electron chi connectivity index (χ3n) is 2.78. The summed E-state index contributed by atoms with van der Waals surface area (Å²) in [5.41, 5.74) is 3.39. The van der Waals surface area contributed by atoms with E-state index in [1.54, 1.807) is 12.1 Å². The number of hydrogen-bond donors (Lipinski definition) is 1. The third-order valence-corrected chi connectivity index (χ3v) is 3.67. The number of carbonyl (C=O) groups is 1. The van der Waals surface area contributed by atoms with Gasteiger partial charge in [0.05, 0.1) is 0 Å². The number of rotatable bonds is 3. The van der Waals surface area contributed by atoms with Crippen LogP contribution in [-0.2, 0) is 5.33 Å². The summed E-state index contributed by atoms with van der Waals surface area (Å²) in [5.74, 6) is -0.147. The Morgan fingerprint density at radius 2 is 2.05 bits per heavy atom. The minimum Gasteiger partial charge on any atom is -0.322 e. The van der Waals surface area contributed by atoms with Gasteiger partial charge in [-0.15, -0.1) is 0 Å². The number of anilines is 1. The van der Waals surface area contributed by atoms with Crippen molar-refractivity contribution in [3.63, 3.8) is 0 Å². The smallest absolute Gasteiger partial charge is 0.255 e. The first kappa shape index (κ1) is 14.1. The zero-order chi connectivity index (χ0) is 13.8. The first-order chi connectivity index (χ1) is 9.10. The molecule has 0 saturated heterocycles. The molecule has 2 aromatic carbocycles. The monoisotopic (exact) mass is 337 g/mol. The Hall–Kier alpha value is -1.32. The van der Waals surface area contributed by atoms with Crippen molar-refractivity contribution in [2.24, 2.45) is 0 Å². The second-order valence-corrected chi connectivity index (χ2v) is 5.24. The molecule has 0 unspecified atom stereocenters. The van der Waals surface area contributed by atoms with Crippen molar-refractivity contribution in [2.75, 3.05) is 5.32 Å². The van der Waals surface area contributed by atoms with Gasteiger partial charge in [-0.2, -0.15) is 0 Å². The quantitative estimate of drug-likeness (QED) is 0.801. The fraction of sp³-hybridized carbons (Fsp3) is 0.133. The van der Waals surface area contributed by atoms with Crippen LogP contribution >= 0.6 is 27.5 Å². The molecule has 0 heterocycles. The van der Waals surface area contributed by atoms with E-state index in [0.717, 1.165) is 22.1 Å². The molecule has 1 amide bonds. The number of alkyl halides is 1. The van der Waals surface area contributed by atoms with E-state index in [9.17, 15) is 4.79 Å². The lowest BCUT2D eigenvalue weighted by Gasteiger charge is -2.09. The predicted octanol–water partition coefficient (Wildman–Crippen LogP) is 4.80. The fourth-order valence-corrected chi connectivity index (χ4v) is 2.29. The summed E-state index contributed by atoms with van der Waals surface area (Å²) in [6.07, 6.45) is 0. The molecule has 2 nitrogen and oxygen atoms in total. The highest BCUT2D eigenvalue weighted by Crippen LogP contribution is 2.18. The summed E-state index contributed by atoms with van der Waals surface area (Å²) in [7, 11) is 0. The molecule has 0 bridgehead atoms. The van der Waals surface area contributed by atoms with E-state index in [1.807, 2.05) is 37.3 Å². The van der Waals surface area contributed by atoms with E-state index in [-0.39, 0.29) is 5.91 Å². The molecule has 0 aliphatic carbocycles. The van der Waals surface area contributed by atoms with Gasteiger partial charge in [0.15, 0.2) is 0 Å². The maximum atomic E-state index is 12.2. The maximum Gasteiger partial charge on any atom is 0.255 e. The number of amides is 1. The molecular weight excluding hydrogens is 326 g/mol. The predicted molar refractivity (Wildman–Crippen MR) is 83.2 cm³/mol. The summed E-state index contributed by atoms with van der Waals surface area (Å²) >= 11 is 9.32. The molecule has 0 fully saturated rings. The van der Waals surface area contributed by atoms with Crippen LogP contribution in [0.5, 0.6) is 0 Å². The van der Waals surface area contributed by atoms with E-state index in [4.69, 9.17) is 11.6 Å². The van der Waals surface area contributed by atoms with Crippen molar-refractivity contribution in [1.82, 2.24) is 0 Å². The molecule has 0 atom stereocenters. The Morgan fingerprint density at radius 1 is 1.26 bits per heavy atom. The van der Waals surface area contributed by atoms with Crippen molar-refractivity contribution < 1.29 is 4.79 Å². The molecule has 2 rings (SSSR count). The first-order valence-corrected chi connectivity index (χ1v) is 7.32. The van der Waals surface area contributed by atoms with Crippen LogP contribution in [-0.4, -0.2) is 5.91 Å². The zero-order valence-corrected chi connectivity index (χ0v) is 12.8. The van der Waals surface area contributed by atoms with Gasteiger partial charge < -0.3 is 5.32 Å². The van der Waals surface area contributed by atoms with E-state index >= 15 is 0 Å². The highest BCUT2D eigenvalue weighted by Gasteiger charge is 2.10. The zero-order valence-electron chi connectivity index (χ0n) is 10.4. The van der Waals surface area contributed by atoms with Gasteiger partial charge in [-0.3, -0.25) is 4.79 Å². The van der Waals surface area contributed by atoms with E-state index in [1.165, 1.54) is 0 Å². The first-order valence-electron chi connectivity index (χ1n) is 5.82. The fourth-order valence-electron chi connectivity index (χ4n) is 1.77. The van der Waals surface area contributed by atoms with Gasteiger partial charge in [0, 0.05) is 21.6 Å². The molecule has 0 aliphatic rings. The molecule has 98 valence electrons. The van der Waals surface area contributed by atoms with Crippen LogP contribution in [0.3, 0.4) is 0 Å². The average molecular weight is 339 g/mol. The molecule has 1 N–H and O–H groups in total. The van der Waals surface area contributed by atoms with Crippen molar-refractivity contribution in [3.8, 4) is 0 Å². The normalized spacial score (nSPS) is 10.3. The number of halogens is 2. The van der Waals surface area contributed by atoms with Gasteiger partial charge in [0.2, 0.25) is 0 Å². The van der Waals surface area contributed by atoms with Crippen LogP contribution in [0.25, 0.3) is 0 Å². The summed E-state index contributed by atoms with van der Waals surface area (Å²) in [6, 6.07) is 13.0. The number of aryl methyl sites for hydroxylation is 1. The van der Waals surface area contributed by atoms with Gasteiger partial charge in [0.25, 0.3) is 5.91 Å². The Balaban J connectivity index is 2.23. The van der Waals surface area contributed by atoms with Crippen molar-refractivity contribution in [2.45, 2.75) is 12.3 Å². The van der Waals surface area contributed by atoms with E-state index in [0.29, 0.717) is 10.6 Å². The minimum absolute atomic E-state index is 0.147. The number of carbonyl (C=O) groups excluding carboxylic acids is 1. The molecule has 0 aromatic heterocycles. The Morgan fingerprint density at radius 3 is 2.79 bits per heavy atom. The Labute approximate surface area is 125 Å². The topological polar surface area (TPSA) is 29.1 Å². The van der Waals surface area contributed by atoms with Crippen LogP contribution < -0.4 is 5.32 Å². The summed E-state index contributed by atoms with van der Waals surface area (Å²) in [4.78, 5) is 12.2. The van der Waals surface area contributed by atoms with Crippen LogP contribution in [0, 0.1) is 6.92 Å². The van der Waals surface area contributed by atoms with Crippen LogP contribution in [0.4, 0.5) is 5.69 Å². The molecular formula is C15H13BrClNO. The summed E-state index contributed by atoms with van der Waals surface area (Å²) in [6.45, 7) is 1.89. The lowest BCUT2D eigenvalue weighted by molar-refractivity contribution is 0.102. The van der Waals surface area contributed by atoms with Crippen molar-refractivity contribution in [1.29, 1.82) is 0 Å². The van der Waals surface area contributed by atoms with Crippen molar-refractivity contribution >= 4 is 39.1 Å². The van der Waals surface area contributed by atoms with Gasteiger partial charge in [-0.05, 0) is 42.3 Å². The lowest BCUT2D eigenvalue weighted by Crippen LogP contribution is -2.13.